The van der Waals surface area contributed by atoms with E-state index >= 15 is 0 Å². The molecule has 0 heterocycles. The van der Waals surface area contributed by atoms with E-state index in [2.05, 4.69) is 10.5 Å². The van der Waals surface area contributed by atoms with Crippen LogP contribution >= 0.6 is 0 Å². The Morgan fingerprint density at radius 2 is 1.61 bits per heavy atom. The molecule has 0 bridgehead atoms. The molecule has 1 amide bonds. The van der Waals surface area contributed by atoms with Crippen molar-refractivity contribution in [1.82, 2.24) is 5.43 Å². The van der Waals surface area contributed by atoms with Gasteiger partial charge in [0.25, 0.3) is 5.91 Å². The van der Waals surface area contributed by atoms with E-state index in [1.807, 2.05) is 36.4 Å². The van der Waals surface area contributed by atoms with Gasteiger partial charge < -0.3 is 9.47 Å². The number of nitrogens with one attached hydrogen (secondary N) is 1. The third kappa shape index (κ3) is 5.59. The molecule has 4 aromatic carbocycles. The van der Waals surface area contributed by atoms with Gasteiger partial charge in [-0.2, -0.15) is 5.10 Å². The second kappa shape index (κ2) is 10.2. The maximum Gasteiger partial charge on any atom is 0.343 e. The molecule has 0 aliphatic heterocycles. The SMILES string of the molecule is O=C(COc1ccc(F)cc1)NN=Cc1c(OC(=O)c2ccccc2)ccc2ccccc12. The third-order valence-electron chi connectivity index (χ3n) is 4.71. The fraction of sp³-hybridized carbons (Fsp3) is 0.0385. The molecule has 164 valence electrons. The lowest BCUT2D eigenvalue weighted by molar-refractivity contribution is -0.123. The third-order valence-corrected chi connectivity index (χ3v) is 4.71. The number of halogens is 1. The summed E-state index contributed by atoms with van der Waals surface area (Å²) in [5.74, 6) is -0.728. The van der Waals surface area contributed by atoms with Gasteiger partial charge in [0.1, 0.15) is 17.3 Å². The van der Waals surface area contributed by atoms with Gasteiger partial charge in [-0.1, -0.05) is 48.5 Å². The summed E-state index contributed by atoms with van der Waals surface area (Å²) in [6.45, 7) is -0.297. The van der Waals surface area contributed by atoms with E-state index in [0.29, 0.717) is 22.6 Å². The second-order valence-corrected chi connectivity index (χ2v) is 6.99. The molecular formula is C26H19FN2O4. The zero-order valence-electron chi connectivity index (χ0n) is 17.4. The van der Waals surface area contributed by atoms with Crippen LogP contribution in [-0.2, 0) is 4.79 Å². The van der Waals surface area contributed by atoms with Gasteiger partial charge in [-0.3, -0.25) is 4.79 Å². The monoisotopic (exact) mass is 442 g/mol. The molecule has 0 aliphatic rings. The maximum absolute atomic E-state index is 12.9. The first kappa shape index (κ1) is 21.7. The van der Waals surface area contributed by atoms with E-state index in [-0.39, 0.29) is 6.61 Å². The molecule has 0 aromatic heterocycles. The van der Waals surface area contributed by atoms with Crippen molar-refractivity contribution >= 4 is 28.9 Å². The number of carbonyl (C=O) groups is 2. The molecular weight excluding hydrogens is 423 g/mol. The van der Waals surface area contributed by atoms with Gasteiger partial charge in [0, 0.05) is 5.56 Å². The minimum absolute atomic E-state index is 0.297. The summed E-state index contributed by atoms with van der Waals surface area (Å²) in [5, 5.41) is 5.73. The van der Waals surface area contributed by atoms with Gasteiger partial charge in [-0.15, -0.1) is 0 Å². The molecule has 0 saturated carbocycles. The molecule has 6 nitrogen and oxygen atoms in total. The van der Waals surface area contributed by atoms with Crippen LogP contribution in [0.4, 0.5) is 4.39 Å². The maximum atomic E-state index is 12.9. The Morgan fingerprint density at radius 1 is 0.879 bits per heavy atom. The van der Waals surface area contributed by atoms with Crippen LogP contribution in [0.2, 0.25) is 0 Å². The van der Waals surface area contributed by atoms with Crippen molar-refractivity contribution in [2.24, 2.45) is 5.10 Å². The molecule has 0 fully saturated rings. The van der Waals surface area contributed by atoms with E-state index in [0.717, 1.165) is 10.8 Å². The Kier molecular flexibility index (Phi) is 6.70. The van der Waals surface area contributed by atoms with Gasteiger partial charge in [-0.25, -0.2) is 14.6 Å². The minimum Gasteiger partial charge on any atom is -0.484 e. The van der Waals surface area contributed by atoms with Crippen LogP contribution in [0, 0.1) is 5.82 Å². The van der Waals surface area contributed by atoms with Crippen molar-refractivity contribution in [1.29, 1.82) is 0 Å². The molecule has 0 aliphatic carbocycles. The Labute approximate surface area is 189 Å². The Bertz CT molecular complexity index is 1310. The molecule has 4 aromatic rings. The number of esters is 1. The highest BCUT2D eigenvalue weighted by Gasteiger charge is 2.13. The summed E-state index contributed by atoms with van der Waals surface area (Å²) >= 11 is 0. The fourth-order valence-corrected chi connectivity index (χ4v) is 3.11. The van der Waals surface area contributed by atoms with Crippen LogP contribution in [0.5, 0.6) is 11.5 Å². The van der Waals surface area contributed by atoms with Crippen molar-refractivity contribution in [2.75, 3.05) is 6.61 Å². The summed E-state index contributed by atoms with van der Waals surface area (Å²) in [6, 6.07) is 25.1. The smallest absolute Gasteiger partial charge is 0.343 e. The lowest BCUT2D eigenvalue weighted by Crippen LogP contribution is -2.24. The highest BCUT2D eigenvalue weighted by molar-refractivity contribution is 6.04. The minimum atomic E-state index is -0.503. The largest absolute Gasteiger partial charge is 0.484 e. The van der Waals surface area contributed by atoms with Crippen LogP contribution in [-0.4, -0.2) is 24.7 Å². The number of fused-ring (bicyclic) bond motifs is 1. The average molecular weight is 442 g/mol. The topological polar surface area (TPSA) is 77.0 Å². The fourth-order valence-electron chi connectivity index (χ4n) is 3.11. The second-order valence-electron chi connectivity index (χ2n) is 6.99. The number of hydrogen-bond acceptors (Lipinski definition) is 5. The molecule has 7 heteroatoms. The molecule has 0 radical (unpaired) electrons. The van der Waals surface area contributed by atoms with Crippen LogP contribution in [0.15, 0.2) is 96.1 Å². The van der Waals surface area contributed by atoms with Gasteiger partial charge >= 0.3 is 5.97 Å². The quantitative estimate of drug-likeness (QED) is 0.194. The standard InChI is InChI=1S/C26H19FN2O4/c27-20-11-13-21(14-12-20)32-17-25(30)29-28-16-23-22-9-5-4-6-18(22)10-15-24(23)33-26(31)19-7-2-1-3-8-19/h1-16H,17H2,(H,29,30). The van der Waals surface area contributed by atoms with Crippen LogP contribution < -0.4 is 14.9 Å². The number of hydrogen-bond donors (Lipinski definition) is 1. The summed E-state index contributed by atoms with van der Waals surface area (Å²) in [4.78, 5) is 24.6. The van der Waals surface area contributed by atoms with E-state index in [1.165, 1.54) is 30.5 Å². The number of amides is 1. The number of nitrogens with zero attached hydrogens (tertiary/aromatic N) is 1. The number of benzene rings is 4. The molecule has 0 unspecified atom stereocenters. The molecule has 4 rings (SSSR count). The number of hydrazone groups is 1. The lowest BCUT2D eigenvalue weighted by atomic mass is 10.0. The van der Waals surface area contributed by atoms with Crippen LogP contribution in [0.25, 0.3) is 10.8 Å². The van der Waals surface area contributed by atoms with Crippen LogP contribution in [0.3, 0.4) is 0 Å². The van der Waals surface area contributed by atoms with Crippen molar-refractivity contribution in [3.05, 3.63) is 108 Å². The predicted molar refractivity (Wildman–Crippen MR) is 123 cm³/mol. The number of carbonyl (C=O) groups excluding carboxylic acids is 2. The van der Waals surface area contributed by atoms with Gasteiger partial charge in [-0.05, 0) is 53.2 Å². The summed E-state index contributed by atoms with van der Waals surface area (Å²) in [6.07, 6.45) is 1.42. The highest BCUT2D eigenvalue weighted by atomic mass is 19.1. The highest BCUT2D eigenvalue weighted by Crippen LogP contribution is 2.27. The lowest BCUT2D eigenvalue weighted by Gasteiger charge is -2.10. The molecule has 0 saturated heterocycles. The Balaban J connectivity index is 1.49. The van der Waals surface area contributed by atoms with E-state index < -0.39 is 17.7 Å². The normalized spacial score (nSPS) is 10.8. The summed E-state index contributed by atoms with van der Waals surface area (Å²) in [5.41, 5.74) is 3.34. The summed E-state index contributed by atoms with van der Waals surface area (Å²) in [7, 11) is 0. The number of rotatable bonds is 7. The first-order valence-electron chi connectivity index (χ1n) is 10.1. The van der Waals surface area contributed by atoms with Crippen molar-refractivity contribution in [3.63, 3.8) is 0 Å². The van der Waals surface area contributed by atoms with Gasteiger partial charge in [0.15, 0.2) is 6.61 Å². The van der Waals surface area contributed by atoms with E-state index in [1.54, 1.807) is 30.3 Å². The van der Waals surface area contributed by atoms with E-state index in [4.69, 9.17) is 9.47 Å². The van der Waals surface area contributed by atoms with Gasteiger partial charge in [0.2, 0.25) is 0 Å². The summed E-state index contributed by atoms with van der Waals surface area (Å²) < 4.78 is 23.9. The van der Waals surface area contributed by atoms with Gasteiger partial charge in [0.05, 0.1) is 11.8 Å². The zero-order chi connectivity index (χ0) is 23.0. The predicted octanol–water partition coefficient (Wildman–Crippen LogP) is 4.73. The van der Waals surface area contributed by atoms with Crippen molar-refractivity contribution in [3.8, 4) is 11.5 Å². The average Bonchev–Trinajstić information content (AvgIpc) is 2.85. The molecule has 1 N–H and O–H groups in total. The first-order valence-corrected chi connectivity index (χ1v) is 10.1. The first-order chi connectivity index (χ1) is 16.1. The molecule has 33 heavy (non-hydrogen) atoms. The molecule has 0 spiro atoms. The zero-order valence-corrected chi connectivity index (χ0v) is 17.4. The van der Waals surface area contributed by atoms with Crippen molar-refractivity contribution < 1.29 is 23.5 Å². The van der Waals surface area contributed by atoms with Crippen molar-refractivity contribution in [2.45, 2.75) is 0 Å². The van der Waals surface area contributed by atoms with E-state index in [9.17, 15) is 14.0 Å². The Morgan fingerprint density at radius 3 is 2.39 bits per heavy atom. The van der Waals surface area contributed by atoms with Crippen LogP contribution in [0.1, 0.15) is 15.9 Å². The Hall–Kier alpha value is -4.52. The number of ether oxygens (including phenoxy) is 2. The molecule has 0 atom stereocenters.